The van der Waals surface area contributed by atoms with Crippen LogP contribution in [0.15, 0.2) is 87.7 Å². The van der Waals surface area contributed by atoms with E-state index in [-0.39, 0.29) is 16.6 Å². The van der Waals surface area contributed by atoms with Crippen LogP contribution in [0.1, 0.15) is 29.9 Å². The van der Waals surface area contributed by atoms with Gasteiger partial charge in [0.1, 0.15) is 23.6 Å². The fraction of sp³-hybridized carbons (Fsp3) is 0.194. The predicted molar refractivity (Wildman–Crippen MR) is 158 cm³/mol. The van der Waals surface area contributed by atoms with Crippen molar-refractivity contribution in [2.45, 2.75) is 30.3 Å². The molecule has 41 heavy (non-hydrogen) atoms. The monoisotopic (exact) mass is 570 g/mol. The van der Waals surface area contributed by atoms with Crippen molar-refractivity contribution in [3.05, 3.63) is 111 Å². The van der Waals surface area contributed by atoms with Crippen LogP contribution < -0.4 is 16.4 Å². The second-order valence-electron chi connectivity index (χ2n) is 10.2. The number of fused-ring (bicyclic) bond motifs is 1. The number of hydrogen-bond acceptors (Lipinski definition) is 6. The number of hydrogen-bond donors (Lipinski definition) is 2. The molecule has 208 valence electrons. The maximum atomic E-state index is 15.2. The van der Waals surface area contributed by atoms with Gasteiger partial charge >= 0.3 is 0 Å². The lowest BCUT2D eigenvalue weighted by atomic mass is 9.98. The molecular formula is C31H27FN4O4S. The standard InChI is InChI=1S/C31H27FN4O4S/c1-35-16-21(14-26(30(35)38)34-28-9-8-22(15-33-28)41(2)40)23-4-3-5-27(24(23)17-37)36-11-10-19-12-20(18-6-7-18)13-25(32)29(19)31(36)39/h3-5,8-16,18,37H,6-7,17H2,1-2H3,(H,33,34). The van der Waals surface area contributed by atoms with Crippen molar-refractivity contribution in [1.82, 2.24) is 14.1 Å². The predicted octanol–water partition coefficient (Wildman–Crippen LogP) is 4.74. The van der Waals surface area contributed by atoms with Crippen LogP contribution in [0.25, 0.3) is 27.6 Å². The summed E-state index contributed by atoms with van der Waals surface area (Å²) in [4.78, 5) is 31.3. The zero-order valence-corrected chi connectivity index (χ0v) is 23.2. The van der Waals surface area contributed by atoms with Crippen molar-refractivity contribution in [3.8, 4) is 16.8 Å². The Bertz CT molecular complexity index is 1910. The first-order valence-corrected chi connectivity index (χ1v) is 14.7. The summed E-state index contributed by atoms with van der Waals surface area (Å²) in [7, 11) is 1.61. The third kappa shape index (κ3) is 5.06. The summed E-state index contributed by atoms with van der Waals surface area (Å²) in [5.41, 5.74) is 2.42. The number of pyridine rings is 3. The number of aryl methyl sites for hydroxylation is 1. The molecule has 3 heterocycles. The molecule has 1 unspecified atom stereocenters. The van der Waals surface area contributed by atoms with Crippen molar-refractivity contribution in [2.24, 2.45) is 7.05 Å². The minimum atomic E-state index is -1.18. The Balaban J connectivity index is 1.43. The van der Waals surface area contributed by atoms with Gasteiger partial charge in [0.2, 0.25) is 0 Å². The van der Waals surface area contributed by atoms with Gasteiger partial charge in [-0.15, -0.1) is 0 Å². The zero-order valence-electron chi connectivity index (χ0n) is 22.4. The number of anilines is 2. The summed E-state index contributed by atoms with van der Waals surface area (Å²) < 4.78 is 29.6. The lowest BCUT2D eigenvalue weighted by Crippen LogP contribution is -2.21. The quantitative estimate of drug-likeness (QED) is 0.274. The maximum Gasteiger partial charge on any atom is 0.274 e. The third-order valence-corrected chi connectivity index (χ3v) is 8.33. The average molecular weight is 571 g/mol. The Morgan fingerprint density at radius 1 is 1.12 bits per heavy atom. The Morgan fingerprint density at radius 2 is 1.93 bits per heavy atom. The van der Waals surface area contributed by atoms with Gasteiger partial charge in [0.25, 0.3) is 11.1 Å². The molecule has 1 atom stereocenters. The number of aliphatic hydroxyl groups excluding tert-OH is 1. The molecule has 6 rings (SSSR count). The van der Waals surface area contributed by atoms with Crippen LogP contribution in [0.3, 0.4) is 0 Å². The van der Waals surface area contributed by atoms with Gasteiger partial charge in [0.05, 0.1) is 23.9 Å². The summed E-state index contributed by atoms with van der Waals surface area (Å²) in [6.45, 7) is -0.401. The number of aliphatic hydroxyl groups is 1. The Hall–Kier alpha value is -4.25. The summed E-state index contributed by atoms with van der Waals surface area (Å²) in [6.07, 6.45) is 8.35. The van der Waals surface area contributed by atoms with Gasteiger partial charge in [-0.25, -0.2) is 9.37 Å². The van der Waals surface area contributed by atoms with E-state index in [4.69, 9.17) is 0 Å². The van der Waals surface area contributed by atoms with Crippen LogP contribution in [0, 0.1) is 5.82 Å². The fourth-order valence-corrected chi connectivity index (χ4v) is 5.60. The van der Waals surface area contributed by atoms with E-state index in [1.807, 2.05) is 6.07 Å². The Labute approximate surface area is 237 Å². The smallest absolute Gasteiger partial charge is 0.274 e. The van der Waals surface area contributed by atoms with Crippen LogP contribution in [-0.4, -0.2) is 30.0 Å². The Morgan fingerprint density at radius 3 is 2.61 bits per heavy atom. The maximum absolute atomic E-state index is 15.2. The highest BCUT2D eigenvalue weighted by molar-refractivity contribution is 7.90. The molecule has 2 N–H and O–H groups in total. The number of aromatic nitrogens is 3. The molecule has 1 aliphatic carbocycles. The Kier molecular flexibility index (Phi) is 6.98. The van der Waals surface area contributed by atoms with Gasteiger partial charge in [-0.1, -0.05) is 18.2 Å². The van der Waals surface area contributed by atoms with Crippen molar-refractivity contribution < 1.29 is 14.0 Å². The van der Waals surface area contributed by atoms with Crippen molar-refractivity contribution in [1.29, 1.82) is 0 Å². The van der Waals surface area contributed by atoms with Crippen LogP contribution in [0.5, 0.6) is 0 Å². The third-order valence-electron chi connectivity index (χ3n) is 7.42. The molecule has 5 aromatic rings. The molecule has 1 saturated carbocycles. The van der Waals surface area contributed by atoms with Gasteiger partial charge in [-0.3, -0.25) is 14.2 Å². The van der Waals surface area contributed by atoms with Gasteiger partial charge in [0, 0.05) is 30.6 Å². The molecule has 0 saturated heterocycles. The van der Waals surface area contributed by atoms with Crippen molar-refractivity contribution in [3.63, 3.8) is 0 Å². The van der Waals surface area contributed by atoms with E-state index >= 15 is 4.39 Å². The second-order valence-corrected chi connectivity index (χ2v) is 11.6. The van der Waals surface area contributed by atoms with E-state index in [0.717, 1.165) is 18.4 Å². The largest absolute Gasteiger partial charge is 0.612 e. The molecule has 1 aliphatic rings. The molecule has 0 bridgehead atoms. The average Bonchev–Trinajstić information content (AvgIpc) is 3.81. The molecule has 10 heteroatoms. The van der Waals surface area contributed by atoms with E-state index in [9.17, 15) is 19.2 Å². The van der Waals surface area contributed by atoms with Gasteiger partial charge in [-0.2, -0.15) is 0 Å². The van der Waals surface area contributed by atoms with Crippen molar-refractivity contribution in [2.75, 3.05) is 11.6 Å². The zero-order chi connectivity index (χ0) is 28.8. The summed E-state index contributed by atoms with van der Waals surface area (Å²) in [5.74, 6) is 0.206. The molecule has 8 nitrogen and oxygen atoms in total. The number of benzene rings is 2. The molecule has 2 aromatic carbocycles. The summed E-state index contributed by atoms with van der Waals surface area (Å²) in [6, 6.07) is 15.3. The highest BCUT2D eigenvalue weighted by atomic mass is 32.2. The van der Waals surface area contributed by atoms with E-state index < -0.39 is 29.2 Å². The first-order valence-electron chi connectivity index (χ1n) is 13.1. The van der Waals surface area contributed by atoms with E-state index in [1.54, 1.807) is 68.2 Å². The van der Waals surface area contributed by atoms with Gasteiger partial charge in [0.15, 0.2) is 4.90 Å². The summed E-state index contributed by atoms with van der Waals surface area (Å²) in [5, 5.41) is 14.1. The highest BCUT2D eigenvalue weighted by Crippen LogP contribution is 2.41. The number of halogens is 1. The van der Waals surface area contributed by atoms with Crippen molar-refractivity contribution >= 4 is 33.5 Å². The van der Waals surface area contributed by atoms with E-state index in [2.05, 4.69) is 10.3 Å². The first-order chi connectivity index (χ1) is 19.7. The van der Waals surface area contributed by atoms with Gasteiger partial charge < -0.3 is 19.5 Å². The van der Waals surface area contributed by atoms with E-state index in [1.165, 1.54) is 21.4 Å². The van der Waals surface area contributed by atoms with Crippen LogP contribution in [0.2, 0.25) is 0 Å². The minimum absolute atomic E-state index is 0.00483. The highest BCUT2D eigenvalue weighted by Gasteiger charge is 2.25. The SMILES string of the molecule is Cn1cc(-c2cccc(-n3ccc4cc(C5CC5)cc(F)c4c3=O)c2CO)cc(Nc2ccc([S+](C)[O-])cn2)c1=O. The topological polar surface area (TPSA) is 112 Å². The number of nitrogens with one attached hydrogen (secondary N) is 1. The normalized spacial score (nSPS) is 13.9. The van der Waals surface area contributed by atoms with Gasteiger partial charge in [-0.05, 0) is 82.8 Å². The minimum Gasteiger partial charge on any atom is -0.612 e. The lowest BCUT2D eigenvalue weighted by Gasteiger charge is -2.17. The lowest BCUT2D eigenvalue weighted by molar-refractivity contribution is 0.282. The fourth-order valence-electron chi connectivity index (χ4n) is 5.14. The molecule has 3 aromatic heterocycles. The second kappa shape index (κ2) is 10.6. The van der Waals surface area contributed by atoms with Crippen LogP contribution in [0.4, 0.5) is 15.9 Å². The summed E-state index contributed by atoms with van der Waals surface area (Å²) >= 11 is -1.18. The molecule has 1 fully saturated rings. The first kappa shape index (κ1) is 26.9. The van der Waals surface area contributed by atoms with E-state index in [0.29, 0.717) is 44.4 Å². The van der Waals surface area contributed by atoms with Crippen LogP contribution >= 0.6 is 0 Å². The molecule has 0 radical (unpaired) electrons. The number of rotatable bonds is 7. The molecule has 0 amide bonds. The molecular weight excluding hydrogens is 543 g/mol. The number of nitrogens with zero attached hydrogens (tertiary/aromatic N) is 3. The molecule has 0 aliphatic heterocycles. The molecule has 0 spiro atoms. The van der Waals surface area contributed by atoms with Crippen LogP contribution in [-0.2, 0) is 24.8 Å².